The van der Waals surface area contributed by atoms with E-state index in [2.05, 4.69) is 69.6 Å². The van der Waals surface area contributed by atoms with Crippen molar-refractivity contribution in [2.45, 2.75) is 32.4 Å². The predicted molar refractivity (Wildman–Crippen MR) is 95.4 cm³/mol. The molecule has 0 spiro atoms. The molecule has 1 aromatic carbocycles. The fraction of sp³-hybridized carbons (Fsp3) is 0.412. The van der Waals surface area contributed by atoms with Crippen molar-refractivity contribution in [1.29, 1.82) is 0 Å². The lowest BCUT2D eigenvalue weighted by Crippen LogP contribution is -2.34. The first kappa shape index (κ1) is 15.1. The van der Waals surface area contributed by atoms with E-state index < -0.39 is 0 Å². The Kier molecular flexibility index (Phi) is 4.38. The first-order valence-corrected chi connectivity index (χ1v) is 9.08. The number of halogens is 1. The lowest BCUT2D eigenvalue weighted by Gasteiger charge is -2.37. The van der Waals surface area contributed by atoms with E-state index in [1.54, 1.807) is 4.88 Å². The van der Waals surface area contributed by atoms with Crippen molar-refractivity contribution in [2.24, 2.45) is 0 Å². The molecule has 0 saturated carbocycles. The summed E-state index contributed by atoms with van der Waals surface area (Å²) >= 11 is 5.51. The zero-order chi connectivity index (χ0) is 15.0. The van der Waals surface area contributed by atoms with Crippen LogP contribution in [0.15, 0.2) is 34.1 Å². The van der Waals surface area contributed by atoms with Gasteiger partial charge in [0.15, 0.2) is 0 Å². The molecular formula is C17H21BrN2S. The Bertz CT molecular complexity index is 637. The Morgan fingerprint density at radius 3 is 2.95 bits per heavy atom. The van der Waals surface area contributed by atoms with Gasteiger partial charge in [-0.15, -0.1) is 11.3 Å². The molecule has 1 aromatic heterocycles. The van der Waals surface area contributed by atoms with Crippen LogP contribution in [0.3, 0.4) is 0 Å². The summed E-state index contributed by atoms with van der Waals surface area (Å²) in [4.78, 5) is 4.10. The van der Waals surface area contributed by atoms with Crippen molar-refractivity contribution in [3.05, 3.63) is 50.1 Å². The third-order valence-corrected chi connectivity index (χ3v) is 5.97. The molecule has 0 saturated heterocycles. The van der Waals surface area contributed by atoms with E-state index in [4.69, 9.17) is 0 Å². The number of hydrogen-bond acceptors (Lipinski definition) is 3. The molecule has 0 radical (unpaired) electrons. The molecule has 1 N–H and O–H groups in total. The van der Waals surface area contributed by atoms with Crippen molar-refractivity contribution in [1.82, 2.24) is 5.32 Å². The van der Waals surface area contributed by atoms with Crippen LogP contribution < -0.4 is 10.2 Å². The smallest absolute Gasteiger partial charge is 0.0525 e. The minimum Gasteiger partial charge on any atom is -0.364 e. The average Bonchev–Trinajstić information content (AvgIpc) is 2.97. The van der Waals surface area contributed by atoms with E-state index >= 15 is 0 Å². The number of anilines is 1. The maximum atomic E-state index is 3.61. The number of nitrogens with one attached hydrogen (secondary N) is 1. The first-order valence-electron chi connectivity index (χ1n) is 7.41. The molecule has 0 fully saturated rings. The van der Waals surface area contributed by atoms with E-state index in [1.165, 1.54) is 16.8 Å². The highest BCUT2D eigenvalue weighted by atomic mass is 79.9. The maximum Gasteiger partial charge on any atom is 0.0525 e. The topological polar surface area (TPSA) is 15.3 Å². The van der Waals surface area contributed by atoms with Crippen LogP contribution in [0.2, 0.25) is 0 Å². The maximum absolute atomic E-state index is 3.61. The highest BCUT2D eigenvalue weighted by Crippen LogP contribution is 2.39. The van der Waals surface area contributed by atoms with Crippen molar-refractivity contribution >= 4 is 33.0 Å². The number of fused-ring (bicyclic) bond motifs is 1. The molecule has 2 aromatic rings. The van der Waals surface area contributed by atoms with Gasteiger partial charge in [0.2, 0.25) is 0 Å². The zero-order valence-corrected chi connectivity index (χ0v) is 15.1. The summed E-state index contributed by atoms with van der Waals surface area (Å²) in [6, 6.07) is 9.72. The van der Waals surface area contributed by atoms with Gasteiger partial charge in [0.25, 0.3) is 0 Å². The van der Waals surface area contributed by atoms with Crippen LogP contribution in [0.1, 0.15) is 41.9 Å². The minimum atomic E-state index is 0.341. The Morgan fingerprint density at radius 1 is 1.38 bits per heavy atom. The van der Waals surface area contributed by atoms with E-state index in [1.807, 2.05) is 18.4 Å². The number of nitrogens with zero attached hydrogens (tertiary/aromatic N) is 1. The third kappa shape index (κ3) is 2.77. The Hall–Kier alpha value is -0.840. The lowest BCUT2D eigenvalue weighted by molar-refractivity contribution is 0.609. The van der Waals surface area contributed by atoms with Gasteiger partial charge in [0.1, 0.15) is 0 Å². The lowest BCUT2D eigenvalue weighted by atomic mass is 9.97. The average molecular weight is 365 g/mol. The predicted octanol–water partition coefficient (Wildman–Crippen LogP) is 4.91. The molecule has 0 aliphatic carbocycles. The SMILES string of the molecule is CNC(C)c1cc(Br)ccc1N1CCc2sccc2C1C. The van der Waals surface area contributed by atoms with Crippen LogP contribution in [0, 0.1) is 0 Å². The van der Waals surface area contributed by atoms with E-state index in [0.717, 1.165) is 17.4 Å². The summed E-state index contributed by atoms with van der Waals surface area (Å²) in [6.07, 6.45) is 1.15. The second kappa shape index (κ2) is 6.11. The molecule has 1 aliphatic rings. The fourth-order valence-corrected chi connectivity index (χ4v) is 4.47. The van der Waals surface area contributed by atoms with Crippen LogP contribution in [-0.2, 0) is 6.42 Å². The molecule has 2 unspecified atom stereocenters. The Morgan fingerprint density at radius 2 is 2.19 bits per heavy atom. The number of thiophene rings is 1. The molecule has 2 heterocycles. The molecule has 2 nitrogen and oxygen atoms in total. The van der Waals surface area contributed by atoms with Gasteiger partial charge in [0, 0.05) is 27.6 Å². The van der Waals surface area contributed by atoms with Gasteiger partial charge in [-0.1, -0.05) is 15.9 Å². The monoisotopic (exact) mass is 364 g/mol. The molecule has 21 heavy (non-hydrogen) atoms. The normalized spacial score (nSPS) is 19.4. The molecule has 1 aliphatic heterocycles. The van der Waals surface area contributed by atoms with Crippen molar-refractivity contribution < 1.29 is 0 Å². The van der Waals surface area contributed by atoms with Crippen molar-refractivity contribution in [3.8, 4) is 0 Å². The van der Waals surface area contributed by atoms with E-state index in [-0.39, 0.29) is 0 Å². The van der Waals surface area contributed by atoms with Gasteiger partial charge >= 0.3 is 0 Å². The van der Waals surface area contributed by atoms with Gasteiger partial charge in [0.05, 0.1) is 6.04 Å². The summed E-state index contributed by atoms with van der Waals surface area (Å²) in [6.45, 7) is 5.64. The second-order valence-electron chi connectivity index (χ2n) is 5.63. The summed E-state index contributed by atoms with van der Waals surface area (Å²) in [7, 11) is 2.02. The van der Waals surface area contributed by atoms with Crippen molar-refractivity contribution in [2.75, 3.05) is 18.5 Å². The third-order valence-electron chi connectivity index (χ3n) is 4.48. The zero-order valence-electron chi connectivity index (χ0n) is 12.7. The van der Waals surface area contributed by atoms with Crippen LogP contribution in [0.25, 0.3) is 0 Å². The number of benzene rings is 1. The summed E-state index contributed by atoms with van der Waals surface area (Å²) < 4.78 is 1.14. The molecule has 0 bridgehead atoms. The van der Waals surface area contributed by atoms with Crippen LogP contribution in [0.4, 0.5) is 5.69 Å². The van der Waals surface area contributed by atoms with E-state index in [0.29, 0.717) is 12.1 Å². The summed E-state index contributed by atoms with van der Waals surface area (Å²) in [5, 5.41) is 5.60. The quantitative estimate of drug-likeness (QED) is 0.831. The van der Waals surface area contributed by atoms with E-state index in [9.17, 15) is 0 Å². The molecule has 112 valence electrons. The number of rotatable bonds is 3. The van der Waals surface area contributed by atoms with Gasteiger partial charge in [-0.05, 0) is 68.1 Å². The van der Waals surface area contributed by atoms with Crippen LogP contribution >= 0.6 is 27.3 Å². The van der Waals surface area contributed by atoms with Crippen molar-refractivity contribution in [3.63, 3.8) is 0 Å². The standard InChI is InChI=1S/C17H21BrN2S/c1-11(19-3)15-10-13(18)4-5-16(15)20-8-6-17-14(12(20)2)7-9-21-17/h4-5,7,9-12,19H,6,8H2,1-3H3. The van der Waals surface area contributed by atoms with Gasteiger partial charge in [-0.3, -0.25) is 0 Å². The summed E-state index contributed by atoms with van der Waals surface area (Å²) in [5.74, 6) is 0. The molecule has 3 rings (SSSR count). The molecule has 0 amide bonds. The second-order valence-corrected chi connectivity index (χ2v) is 7.55. The highest BCUT2D eigenvalue weighted by molar-refractivity contribution is 9.10. The number of hydrogen-bond donors (Lipinski definition) is 1. The minimum absolute atomic E-state index is 0.341. The van der Waals surface area contributed by atoms with Crippen LogP contribution in [-0.4, -0.2) is 13.6 Å². The Balaban J connectivity index is 2.01. The largest absolute Gasteiger partial charge is 0.364 e. The Labute approximate surface area is 139 Å². The molecule has 4 heteroatoms. The molecule has 2 atom stereocenters. The van der Waals surface area contributed by atoms with Gasteiger partial charge in [-0.2, -0.15) is 0 Å². The fourth-order valence-electron chi connectivity index (χ4n) is 3.13. The van der Waals surface area contributed by atoms with Crippen LogP contribution in [0.5, 0.6) is 0 Å². The highest BCUT2D eigenvalue weighted by Gasteiger charge is 2.27. The van der Waals surface area contributed by atoms with Gasteiger partial charge < -0.3 is 10.2 Å². The summed E-state index contributed by atoms with van der Waals surface area (Å²) in [5.41, 5.74) is 4.21. The van der Waals surface area contributed by atoms with Gasteiger partial charge in [-0.25, -0.2) is 0 Å². The molecular weight excluding hydrogens is 344 g/mol. The first-order chi connectivity index (χ1) is 10.1.